The van der Waals surface area contributed by atoms with Crippen LogP contribution >= 0.6 is 15.9 Å². The number of ether oxygens (including phenoxy) is 1. The van der Waals surface area contributed by atoms with Crippen LogP contribution in [0.25, 0.3) is 0 Å². The van der Waals surface area contributed by atoms with E-state index in [1.54, 1.807) is 18.0 Å². The van der Waals surface area contributed by atoms with E-state index in [4.69, 9.17) is 4.74 Å². The van der Waals surface area contributed by atoms with Gasteiger partial charge in [0.25, 0.3) is 5.91 Å². The summed E-state index contributed by atoms with van der Waals surface area (Å²) in [5, 5.41) is 0. The van der Waals surface area contributed by atoms with E-state index in [2.05, 4.69) is 15.9 Å². The third-order valence-corrected chi connectivity index (χ3v) is 3.87. The van der Waals surface area contributed by atoms with Gasteiger partial charge in [-0.2, -0.15) is 0 Å². The van der Waals surface area contributed by atoms with E-state index in [-0.39, 0.29) is 11.5 Å². The van der Waals surface area contributed by atoms with E-state index in [9.17, 15) is 9.18 Å². The molecule has 19 heavy (non-hydrogen) atoms. The van der Waals surface area contributed by atoms with Gasteiger partial charge >= 0.3 is 0 Å². The summed E-state index contributed by atoms with van der Waals surface area (Å²) in [6.45, 7) is 2.14. The van der Waals surface area contributed by atoms with Crippen LogP contribution in [0.3, 0.4) is 0 Å². The molecule has 0 unspecified atom stereocenters. The van der Waals surface area contributed by atoms with E-state index >= 15 is 0 Å². The number of halogens is 2. The van der Waals surface area contributed by atoms with Gasteiger partial charge in [-0.3, -0.25) is 4.79 Å². The van der Waals surface area contributed by atoms with E-state index in [1.165, 1.54) is 12.1 Å². The quantitative estimate of drug-likeness (QED) is 0.852. The van der Waals surface area contributed by atoms with E-state index in [0.717, 1.165) is 26.1 Å². The maximum absolute atomic E-state index is 13.7. The summed E-state index contributed by atoms with van der Waals surface area (Å²) in [6, 6.07) is 4.42. The highest BCUT2D eigenvalue weighted by atomic mass is 79.9. The van der Waals surface area contributed by atoms with Crippen molar-refractivity contribution in [1.82, 2.24) is 4.90 Å². The lowest BCUT2D eigenvalue weighted by atomic mass is 9.99. The monoisotopic (exact) mass is 329 g/mol. The van der Waals surface area contributed by atoms with Gasteiger partial charge in [0.15, 0.2) is 0 Å². The van der Waals surface area contributed by atoms with Crippen LogP contribution in [0.4, 0.5) is 4.39 Å². The molecule has 1 saturated heterocycles. The van der Waals surface area contributed by atoms with Crippen molar-refractivity contribution in [3.8, 4) is 0 Å². The highest BCUT2D eigenvalue weighted by molar-refractivity contribution is 9.10. The fourth-order valence-electron chi connectivity index (χ4n) is 2.27. The molecule has 1 aromatic rings. The lowest BCUT2D eigenvalue weighted by Crippen LogP contribution is -2.34. The molecular weight excluding hydrogens is 313 g/mol. The van der Waals surface area contributed by atoms with Crippen LogP contribution < -0.4 is 0 Å². The standard InChI is InChI=1S/C14H17BrFNO2/c1-17(9-10-4-6-19-7-5-10)14(18)12-8-11(15)2-3-13(12)16/h2-3,8,10H,4-7,9H2,1H3. The number of hydrogen-bond acceptors (Lipinski definition) is 2. The number of rotatable bonds is 3. The first kappa shape index (κ1) is 14.5. The van der Waals surface area contributed by atoms with Crippen LogP contribution in [0.1, 0.15) is 23.2 Å². The zero-order valence-corrected chi connectivity index (χ0v) is 12.5. The third kappa shape index (κ3) is 3.76. The largest absolute Gasteiger partial charge is 0.381 e. The molecule has 0 atom stereocenters. The Kier molecular flexibility index (Phi) is 4.93. The summed E-state index contributed by atoms with van der Waals surface area (Å²) in [5.41, 5.74) is 0.115. The molecule has 1 fully saturated rings. The predicted molar refractivity (Wildman–Crippen MR) is 74.6 cm³/mol. The van der Waals surface area contributed by atoms with Crippen LogP contribution in [0, 0.1) is 11.7 Å². The lowest BCUT2D eigenvalue weighted by molar-refractivity contribution is 0.0495. The first-order valence-corrected chi connectivity index (χ1v) is 7.15. The minimum absolute atomic E-state index is 0.115. The molecule has 0 N–H and O–H groups in total. The number of amides is 1. The number of nitrogens with zero attached hydrogens (tertiary/aromatic N) is 1. The van der Waals surface area contributed by atoms with Crippen molar-refractivity contribution in [3.05, 3.63) is 34.1 Å². The molecule has 5 heteroatoms. The zero-order chi connectivity index (χ0) is 13.8. The van der Waals surface area contributed by atoms with Crippen LogP contribution in [-0.4, -0.2) is 37.6 Å². The second-order valence-electron chi connectivity index (χ2n) is 4.87. The summed E-state index contributed by atoms with van der Waals surface area (Å²) >= 11 is 3.26. The molecule has 1 aromatic carbocycles. The number of hydrogen-bond donors (Lipinski definition) is 0. The Morgan fingerprint density at radius 2 is 2.16 bits per heavy atom. The first-order chi connectivity index (χ1) is 9.08. The maximum atomic E-state index is 13.7. The molecule has 104 valence electrons. The summed E-state index contributed by atoms with van der Waals surface area (Å²) < 4.78 is 19.7. The van der Waals surface area contributed by atoms with Gasteiger partial charge in [0.1, 0.15) is 5.82 Å². The van der Waals surface area contributed by atoms with Crippen molar-refractivity contribution in [2.75, 3.05) is 26.8 Å². The highest BCUT2D eigenvalue weighted by Gasteiger charge is 2.21. The Hall–Kier alpha value is -0.940. The molecule has 1 heterocycles. The molecule has 1 aliphatic heterocycles. The minimum atomic E-state index is -0.480. The molecule has 0 aliphatic carbocycles. The van der Waals surface area contributed by atoms with Crippen molar-refractivity contribution in [3.63, 3.8) is 0 Å². The Labute approximate surface area is 120 Å². The molecule has 2 rings (SSSR count). The molecule has 0 spiro atoms. The summed E-state index contributed by atoms with van der Waals surface area (Å²) in [5.74, 6) is -0.310. The zero-order valence-electron chi connectivity index (χ0n) is 10.9. The van der Waals surface area contributed by atoms with Gasteiger partial charge in [-0.15, -0.1) is 0 Å². The number of benzene rings is 1. The third-order valence-electron chi connectivity index (χ3n) is 3.38. The van der Waals surface area contributed by atoms with Crippen LogP contribution in [0.15, 0.2) is 22.7 Å². The Morgan fingerprint density at radius 3 is 2.84 bits per heavy atom. The molecular formula is C14H17BrFNO2. The Bertz CT molecular complexity index is 461. The first-order valence-electron chi connectivity index (χ1n) is 6.36. The van der Waals surface area contributed by atoms with Crippen LogP contribution in [-0.2, 0) is 4.74 Å². The molecule has 1 amide bonds. The molecule has 0 aromatic heterocycles. The van der Waals surface area contributed by atoms with Gasteiger partial charge in [-0.25, -0.2) is 4.39 Å². The average Bonchev–Trinajstić information content (AvgIpc) is 2.42. The Balaban J connectivity index is 2.03. The SMILES string of the molecule is CN(CC1CCOCC1)C(=O)c1cc(Br)ccc1F. The van der Waals surface area contributed by atoms with Gasteiger partial charge in [-0.1, -0.05) is 15.9 Å². The van der Waals surface area contributed by atoms with Gasteiger partial charge in [0.05, 0.1) is 5.56 Å². The van der Waals surface area contributed by atoms with E-state index < -0.39 is 5.82 Å². The van der Waals surface area contributed by atoms with Gasteiger partial charge in [0.2, 0.25) is 0 Å². The van der Waals surface area contributed by atoms with Crippen molar-refractivity contribution in [2.24, 2.45) is 5.92 Å². The molecule has 0 saturated carbocycles. The number of carbonyl (C=O) groups is 1. The average molecular weight is 330 g/mol. The van der Waals surface area contributed by atoms with Crippen LogP contribution in [0.5, 0.6) is 0 Å². The summed E-state index contributed by atoms with van der Waals surface area (Å²) in [4.78, 5) is 13.8. The van der Waals surface area contributed by atoms with E-state index in [0.29, 0.717) is 16.9 Å². The van der Waals surface area contributed by atoms with Crippen molar-refractivity contribution in [1.29, 1.82) is 0 Å². The van der Waals surface area contributed by atoms with Gasteiger partial charge in [0, 0.05) is 31.3 Å². The fraction of sp³-hybridized carbons (Fsp3) is 0.500. The second-order valence-corrected chi connectivity index (χ2v) is 5.78. The topological polar surface area (TPSA) is 29.5 Å². The number of carbonyl (C=O) groups excluding carboxylic acids is 1. The summed E-state index contributed by atoms with van der Waals surface area (Å²) in [6.07, 6.45) is 1.91. The van der Waals surface area contributed by atoms with Gasteiger partial charge < -0.3 is 9.64 Å². The Morgan fingerprint density at radius 1 is 1.47 bits per heavy atom. The van der Waals surface area contributed by atoms with E-state index in [1.807, 2.05) is 0 Å². The summed E-state index contributed by atoms with van der Waals surface area (Å²) in [7, 11) is 1.72. The van der Waals surface area contributed by atoms with Crippen molar-refractivity contribution in [2.45, 2.75) is 12.8 Å². The molecule has 3 nitrogen and oxygen atoms in total. The van der Waals surface area contributed by atoms with Gasteiger partial charge in [-0.05, 0) is 37.0 Å². The molecule has 0 radical (unpaired) electrons. The normalized spacial score (nSPS) is 16.4. The lowest BCUT2D eigenvalue weighted by Gasteiger charge is -2.27. The highest BCUT2D eigenvalue weighted by Crippen LogP contribution is 2.19. The second kappa shape index (κ2) is 6.48. The van der Waals surface area contributed by atoms with Crippen molar-refractivity contribution >= 4 is 21.8 Å². The predicted octanol–water partition coefficient (Wildman–Crippen LogP) is 3.09. The molecule has 1 aliphatic rings. The van der Waals surface area contributed by atoms with Crippen molar-refractivity contribution < 1.29 is 13.9 Å². The maximum Gasteiger partial charge on any atom is 0.256 e. The van der Waals surface area contributed by atoms with Crippen LogP contribution in [0.2, 0.25) is 0 Å². The fourth-order valence-corrected chi connectivity index (χ4v) is 2.63. The molecule has 0 bridgehead atoms. The smallest absolute Gasteiger partial charge is 0.256 e. The minimum Gasteiger partial charge on any atom is -0.381 e.